The summed E-state index contributed by atoms with van der Waals surface area (Å²) in [6, 6.07) is 15.1. The van der Waals surface area contributed by atoms with Gasteiger partial charge >= 0.3 is 5.97 Å². The van der Waals surface area contributed by atoms with Gasteiger partial charge in [0.1, 0.15) is 11.6 Å². The minimum Gasteiger partial charge on any atom is -0.478 e. The molecule has 2 rings (SSSR count). The van der Waals surface area contributed by atoms with Crippen LogP contribution in [-0.2, 0) is 35.3 Å². The van der Waals surface area contributed by atoms with Crippen molar-refractivity contribution in [3.63, 3.8) is 0 Å². The first-order valence-electron chi connectivity index (χ1n) is 11.6. The van der Waals surface area contributed by atoms with E-state index in [0.717, 1.165) is 18.4 Å². The standard InChI is InChI=1S/C14H18O4.C13H18O4S.4CH4/c1-10(15)9-13(18-2)8-5-11-3-6-12(7-4-11)14(16)17;1-11(14)10-12(17-2)8-9-18(15,16)13-6-4-3-5-7-13;;;;/h3-4,6-7,13H,5,8-9H2,1-2H3,(H,16,17);3-7,12H,8-10H2,1-2H3;4*1H4. The van der Waals surface area contributed by atoms with Crippen LogP contribution in [-0.4, -0.2) is 63.2 Å². The van der Waals surface area contributed by atoms with Crippen LogP contribution in [0.5, 0.6) is 0 Å². The zero-order chi connectivity index (χ0) is 27.1. The van der Waals surface area contributed by atoms with Crippen LogP contribution in [0.1, 0.15) is 85.2 Å². The zero-order valence-corrected chi connectivity index (χ0v) is 22.1. The molecule has 230 valence electrons. The molecule has 0 amide bonds. The number of carboxylic acids is 1. The summed E-state index contributed by atoms with van der Waals surface area (Å²) in [5.74, 6) is -0.821. The van der Waals surface area contributed by atoms with Crippen LogP contribution in [0.15, 0.2) is 59.5 Å². The molecule has 0 saturated heterocycles. The predicted molar refractivity (Wildman–Crippen MR) is 164 cm³/mol. The molecule has 0 bridgehead atoms. The first-order valence-corrected chi connectivity index (χ1v) is 13.3. The number of ether oxygens (including phenoxy) is 2. The average Bonchev–Trinajstić information content (AvgIpc) is 2.85. The molecule has 2 aromatic rings. The highest BCUT2D eigenvalue weighted by molar-refractivity contribution is 7.91. The van der Waals surface area contributed by atoms with Gasteiger partial charge in [-0.3, -0.25) is 9.59 Å². The second-order valence-electron chi connectivity index (χ2n) is 8.49. The lowest BCUT2D eigenvalue weighted by Crippen LogP contribution is -2.19. The Morgan fingerprint density at radius 2 is 1.20 bits per heavy atom. The molecule has 0 aliphatic heterocycles. The number of aromatic carboxylic acids is 1. The Morgan fingerprint density at radius 3 is 1.60 bits per heavy atom. The van der Waals surface area contributed by atoms with Gasteiger partial charge in [0.05, 0.1) is 28.4 Å². The van der Waals surface area contributed by atoms with E-state index in [0.29, 0.717) is 17.7 Å². The first kappa shape index (κ1) is 44.1. The lowest BCUT2D eigenvalue weighted by Gasteiger charge is -2.13. The van der Waals surface area contributed by atoms with Gasteiger partial charge in [-0.15, -0.1) is 0 Å². The molecule has 0 spiro atoms. The Hall–Kier alpha value is -2.88. The minimum atomic E-state index is -3.29. The molecule has 1 N–H and O–H groups in total. The normalized spacial score (nSPS) is 11.4. The SMILES string of the molecule is C.C.C.C.COC(CCS(=O)(=O)c1ccccc1)CC(C)=O.COC(CCc1ccc(C(=O)O)cc1)CC(C)=O. The summed E-state index contributed by atoms with van der Waals surface area (Å²) in [7, 11) is -0.205. The summed E-state index contributed by atoms with van der Waals surface area (Å²) < 4.78 is 34.3. The molecule has 0 aliphatic rings. The maximum Gasteiger partial charge on any atom is 0.335 e. The molecule has 0 heterocycles. The Morgan fingerprint density at radius 1 is 0.750 bits per heavy atom. The number of hydrogen-bond acceptors (Lipinski definition) is 7. The lowest BCUT2D eigenvalue weighted by molar-refractivity contribution is -0.120. The van der Waals surface area contributed by atoms with Gasteiger partial charge in [-0.05, 0) is 62.9 Å². The Labute approximate surface area is 243 Å². The Kier molecular flexibility index (Phi) is 25.3. The van der Waals surface area contributed by atoms with Crippen LogP contribution in [0.2, 0.25) is 0 Å². The molecular formula is C31H52O8S. The van der Waals surface area contributed by atoms with Gasteiger partial charge in [-0.2, -0.15) is 0 Å². The third-order valence-electron chi connectivity index (χ3n) is 5.46. The molecular weight excluding hydrogens is 532 g/mol. The van der Waals surface area contributed by atoms with Crippen molar-refractivity contribution in [3.05, 3.63) is 65.7 Å². The third kappa shape index (κ3) is 17.7. The zero-order valence-electron chi connectivity index (χ0n) is 21.3. The molecule has 40 heavy (non-hydrogen) atoms. The number of ketones is 2. The maximum atomic E-state index is 12.0. The summed E-state index contributed by atoms with van der Waals surface area (Å²) in [5, 5.41) is 8.77. The van der Waals surface area contributed by atoms with E-state index in [1.54, 1.807) is 68.6 Å². The fraction of sp³-hybridized carbons (Fsp3) is 0.516. The monoisotopic (exact) mass is 584 g/mol. The van der Waals surface area contributed by atoms with Gasteiger partial charge in [0.25, 0.3) is 0 Å². The van der Waals surface area contributed by atoms with E-state index in [9.17, 15) is 22.8 Å². The van der Waals surface area contributed by atoms with E-state index in [-0.39, 0.29) is 71.2 Å². The molecule has 8 nitrogen and oxygen atoms in total. The van der Waals surface area contributed by atoms with Crippen LogP contribution in [0.25, 0.3) is 0 Å². The number of carboxylic acid groups (broad SMARTS) is 1. The van der Waals surface area contributed by atoms with Crippen molar-refractivity contribution in [2.75, 3.05) is 20.0 Å². The summed E-state index contributed by atoms with van der Waals surface area (Å²) in [6.07, 6.45) is 2.12. The van der Waals surface area contributed by atoms with Gasteiger partial charge in [-0.25, -0.2) is 13.2 Å². The summed E-state index contributed by atoms with van der Waals surface area (Å²) in [4.78, 5) is 33.0. The summed E-state index contributed by atoms with van der Waals surface area (Å²) >= 11 is 0. The van der Waals surface area contributed by atoms with Crippen molar-refractivity contribution in [1.82, 2.24) is 0 Å². The maximum absolute atomic E-state index is 12.0. The van der Waals surface area contributed by atoms with Crippen molar-refractivity contribution in [1.29, 1.82) is 0 Å². The molecule has 2 unspecified atom stereocenters. The topological polar surface area (TPSA) is 124 Å². The van der Waals surface area contributed by atoms with Crippen LogP contribution in [0, 0.1) is 0 Å². The van der Waals surface area contributed by atoms with Crippen LogP contribution in [0.3, 0.4) is 0 Å². The highest BCUT2D eigenvalue weighted by Gasteiger charge is 2.18. The van der Waals surface area contributed by atoms with Crippen molar-refractivity contribution in [3.8, 4) is 0 Å². The number of hydrogen-bond donors (Lipinski definition) is 1. The molecule has 0 aromatic heterocycles. The largest absolute Gasteiger partial charge is 0.478 e. The second-order valence-corrected chi connectivity index (χ2v) is 10.6. The molecule has 0 saturated carbocycles. The van der Waals surface area contributed by atoms with Gasteiger partial charge in [0.2, 0.25) is 0 Å². The summed E-state index contributed by atoms with van der Waals surface area (Å²) in [6.45, 7) is 3.02. The number of rotatable bonds is 14. The Balaban J connectivity index is -0.000000295. The number of carbonyl (C=O) groups is 3. The predicted octanol–water partition coefficient (Wildman–Crippen LogP) is 6.70. The van der Waals surface area contributed by atoms with E-state index in [2.05, 4.69) is 0 Å². The van der Waals surface area contributed by atoms with Crippen molar-refractivity contribution < 1.29 is 37.4 Å². The first-order chi connectivity index (χ1) is 17.0. The van der Waals surface area contributed by atoms with Crippen molar-refractivity contribution in [2.45, 2.75) is 92.8 Å². The van der Waals surface area contributed by atoms with E-state index < -0.39 is 15.8 Å². The molecule has 2 aromatic carbocycles. The van der Waals surface area contributed by atoms with Gasteiger partial charge in [0.15, 0.2) is 9.84 Å². The highest BCUT2D eigenvalue weighted by atomic mass is 32.2. The number of aryl methyl sites for hydroxylation is 1. The number of sulfone groups is 1. The van der Waals surface area contributed by atoms with Crippen LogP contribution < -0.4 is 0 Å². The molecule has 2 atom stereocenters. The Bertz CT molecular complexity index is 1060. The van der Waals surface area contributed by atoms with Crippen molar-refractivity contribution in [2.24, 2.45) is 0 Å². The molecule has 0 aliphatic carbocycles. The minimum absolute atomic E-state index is 0. The molecule has 9 heteroatoms. The van der Waals surface area contributed by atoms with Gasteiger partial charge in [0, 0.05) is 27.1 Å². The quantitative estimate of drug-likeness (QED) is 0.260. The number of carbonyl (C=O) groups excluding carboxylic acids is 2. The number of Topliss-reactive ketones (excluding diaryl/α,β-unsaturated/α-hetero) is 2. The van der Waals surface area contributed by atoms with Crippen LogP contribution in [0.4, 0.5) is 0 Å². The van der Waals surface area contributed by atoms with E-state index >= 15 is 0 Å². The lowest BCUT2D eigenvalue weighted by atomic mass is 10.0. The second kappa shape index (κ2) is 22.9. The summed E-state index contributed by atoms with van der Waals surface area (Å²) in [5.41, 5.74) is 1.33. The van der Waals surface area contributed by atoms with E-state index in [1.165, 1.54) is 14.0 Å². The molecule has 0 fully saturated rings. The van der Waals surface area contributed by atoms with E-state index in [1.807, 2.05) is 0 Å². The smallest absolute Gasteiger partial charge is 0.335 e. The highest BCUT2D eigenvalue weighted by Crippen LogP contribution is 2.14. The van der Waals surface area contributed by atoms with Crippen LogP contribution >= 0.6 is 0 Å². The van der Waals surface area contributed by atoms with E-state index in [4.69, 9.17) is 14.6 Å². The fourth-order valence-electron chi connectivity index (χ4n) is 3.42. The fourth-order valence-corrected chi connectivity index (χ4v) is 4.80. The molecule has 0 radical (unpaired) electrons. The van der Waals surface area contributed by atoms with Gasteiger partial charge in [-0.1, -0.05) is 60.0 Å². The van der Waals surface area contributed by atoms with Gasteiger partial charge < -0.3 is 14.6 Å². The van der Waals surface area contributed by atoms with Crippen molar-refractivity contribution >= 4 is 27.4 Å². The number of benzene rings is 2. The third-order valence-corrected chi connectivity index (χ3v) is 7.23. The number of methoxy groups -OCH3 is 2. The average molecular weight is 585 g/mol.